The Kier molecular flexibility index (Phi) is 4.43. The topological polar surface area (TPSA) is 32.3 Å². The molecule has 23 heavy (non-hydrogen) atoms. The van der Waals surface area contributed by atoms with Crippen molar-refractivity contribution in [2.75, 3.05) is 13.1 Å². The van der Waals surface area contributed by atoms with E-state index in [4.69, 9.17) is 0 Å². The Morgan fingerprint density at radius 1 is 1.26 bits per heavy atom. The van der Waals surface area contributed by atoms with E-state index in [1.54, 1.807) is 11.3 Å². The fourth-order valence-electron chi connectivity index (χ4n) is 4.21. The summed E-state index contributed by atoms with van der Waals surface area (Å²) in [5.74, 6) is 0.689. The quantitative estimate of drug-likeness (QED) is 0.890. The minimum Gasteiger partial charge on any atom is -0.347 e. The monoisotopic (exact) mass is 350 g/mol. The first-order chi connectivity index (χ1) is 10.6. The molecular weight excluding hydrogens is 328 g/mol. The molecule has 0 radical (unpaired) electrons. The lowest BCUT2D eigenvalue weighted by atomic mass is 9.72. The van der Waals surface area contributed by atoms with Crippen LogP contribution < -0.4 is 5.32 Å². The molecule has 2 bridgehead atoms. The number of amides is 1. The van der Waals surface area contributed by atoms with E-state index in [2.05, 4.69) is 41.6 Å². The molecule has 0 spiro atoms. The molecule has 1 aromatic heterocycles. The van der Waals surface area contributed by atoms with Crippen molar-refractivity contribution in [2.24, 2.45) is 5.92 Å². The van der Waals surface area contributed by atoms with Crippen molar-refractivity contribution < 1.29 is 4.79 Å². The summed E-state index contributed by atoms with van der Waals surface area (Å²) in [5, 5.41) is 6.57. The van der Waals surface area contributed by atoms with Crippen LogP contribution in [0.25, 0.3) is 10.1 Å². The number of nitrogens with one attached hydrogen (secondary N) is 1. The third-order valence-electron chi connectivity index (χ3n) is 5.59. The molecule has 3 saturated heterocycles. The molecule has 3 nitrogen and oxygen atoms in total. The van der Waals surface area contributed by atoms with Gasteiger partial charge in [0.1, 0.15) is 0 Å². The lowest BCUT2D eigenvalue weighted by Crippen LogP contribution is -2.69. The van der Waals surface area contributed by atoms with Gasteiger partial charge in [0.05, 0.1) is 0 Å². The predicted octanol–water partition coefficient (Wildman–Crippen LogP) is 3.93. The van der Waals surface area contributed by atoms with Crippen molar-refractivity contribution in [3.8, 4) is 0 Å². The Balaban J connectivity index is 0.00000156. The number of rotatable bonds is 2. The maximum absolute atomic E-state index is 12.7. The number of fused-ring (bicyclic) bond motifs is 4. The van der Waals surface area contributed by atoms with Crippen LogP contribution in [0.4, 0.5) is 0 Å². The number of benzene rings is 1. The fraction of sp³-hybridized carbons (Fsp3) is 0.500. The highest BCUT2D eigenvalue weighted by atomic mass is 35.5. The Morgan fingerprint density at radius 2 is 2.00 bits per heavy atom. The molecule has 5 rings (SSSR count). The van der Waals surface area contributed by atoms with E-state index < -0.39 is 0 Å². The second-order valence-corrected chi connectivity index (χ2v) is 8.05. The molecule has 0 aliphatic carbocycles. The standard InChI is InChI=1S/C18H22N2OS.ClH/c1-18(2)16(12-5-8-20(18)9-6-12)19-17(21)14-3-4-15-13(11-14)7-10-22-15;/h3-4,7,10-12,16H,5-6,8-9H2,1-2H3,(H,19,21);1H. The van der Waals surface area contributed by atoms with Gasteiger partial charge in [-0.3, -0.25) is 9.69 Å². The summed E-state index contributed by atoms with van der Waals surface area (Å²) in [5.41, 5.74) is 0.835. The SMILES string of the molecule is CC1(C)C(NC(=O)c2ccc3sccc3c2)C2CCN1CC2.Cl. The number of hydrogen-bond acceptors (Lipinski definition) is 3. The van der Waals surface area contributed by atoms with E-state index >= 15 is 0 Å². The van der Waals surface area contributed by atoms with Gasteiger partial charge in [-0.1, -0.05) is 0 Å². The van der Waals surface area contributed by atoms with Crippen LogP contribution in [0.15, 0.2) is 29.6 Å². The summed E-state index contributed by atoms with van der Waals surface area (Å²) in [6.07, 6.45) is 2.41. The van der Waals surface area contributed by atoms with Crippen LogP contribution in [0.5, 0.6) is 0 Å². The molecule has 1 atom stereocenters. The lowest BCUT2D eigenvalue weighted by molar-refractivity contribution is -0.0378. The van der Waals surface area contributed by atoms with Gasteiger partial charge < -0.3 is 5.32 Å². The van der Waals surface area contributed by atoms with E-state index in [-0.39, 0.29) is 29.9 Å². The van der Waals surface area contributed by atoms with Gasteiger partial charge in [0.25, 0.3) is 5.91 Å². The highest BCUT2D eigenvalue weighted by Crippen LogP contribution is 2.39. The molecule has 1 amide bonds. The third-order valence-corrected chi connectivity index (χ3v) is 6.49. The van der Waals surface area contributed by atoms with Gasteiger partial charge in [0.2, 0.25) is 0 Å². The van der Waals surface area contributed by atoms with E-state index in [0.717, 1.165) is 10.9 Å². The first kappa shape index (κ1) is 16.7. The number of carbonyl (C=O) groups excluding carboxylic acids is 1. The molecule has 0 saturated carbocycles. The van der Waals surface area contributed by atoms with Crippen molar-refractivity contribution in [3.05, 3.63) is 35.2 Å². The van der Waals surface area contributed by atoms with Gasteiger partial charge in [-0.15, -0.1) is 23.7 Å². The Bertz CT molecular complexity index is 719. The summed E-state index contributed by atoms with van der Waals surface area (Å²) in [4.78, 5) is 15.2. The van der Waals surface area contributed by atoms with Crippen molar-refractivity contribution >= 4 is 39.7 Å². The van der Waals surface area contributed by atoms with Gasteiger partial charge in [-0.05, 0) is 80.7 Å². The molecule has 5 heteroatoms. The Morgan fingerprint density at radius 3 is 2.70 bits per heavy atom. The average Bonchev–Trinajstić information content (AvgIpc) is 2.98. The summed E-state index contributed by atoms with van der Waals surface area (Å²) >= 11 is 1.71. The number of nitrogens with zero attached hydrogens (tertiary/aromatic N) is 1. The van der Waals surface area contributed by atoms with E-state index in [1.165, 1.54) is 30.6 Å². The summed E-state index contributed by atoms with van der Waals surface area (Å²) < 4.78 is 1.24. The van der Waals surface area contributed by atoms with Crippen LogP contribution in [-0.4, -0.2) is 35.5 Å². The van der Waals surface area contributed by atoms with Gasteiger partial charge >= 0.3 is 0 Å². The zero-order chi connectivity index (χ0) is 15.3. The first-order valence-corrected chi connectivity index (χ1v) is 8.97. The number of thiophene rings is 1. The van der Waals surface area contributed by atoms with E-state index in [0.29, 0.717) is 5.92 Å². The fourth-order valence-corrected chi connectivity index (χ4v) is 4.98. The molecule has 1 aromatic carbocycles. The molecule has 1 unspecified atom stereocenters. The van der Waals surface area contributed by atoms with Crippen LogP contribution in [0, 0.1) is 5.92 Å². The van der Waals surface area contributed by atoms with Crippen molar-refractivity contribution in [1.29, 1.82) is 0 Å². The number of piperidine rings is 3. The number of hydrogen-bond donors (Lipinski definition) is 1. The average molecular weight is 351 g/mol. The second kappa shape index (κ2) is 6.08. The van der Waals surface area contributed by atoms with Crippen LogP contribution in [-0.2, 0) is 0 Å². The van der Waals surface area contributed by atoms with Crippen molar-refractivity contribution in [2.45, 2.75) is 38.3 Å². The molecule has 3 fully saturated rings. The normalized spacial score (nSPS) is 28.3. The maximum Gasteiger partial charge on any atom is 0.251 e. The minimum atomic E-state index is 0. The van der Waals surface area contributed by atoms with Crippen LogP contribution >= 0.6 is 23.7 Å². The highest BCUT2D eigenvalue weighted by molar-refractivity contribution is 7.17. The lowest BCUT2D eigenvalue weighted by Gasteiger charge is -2.56. The van der Waals surface area contributed by atoms with E-state index in [9.17, 15) is 4.79 Å². The molecule has 3 aliphatic heterocycles. The zero-order valence-electron chi connectivity index (χ0n) is 13.5. The summed E-state index contributed by atoms with van der Waals surface area (Å²) in [7, 11) is 0. The van der Waals surface area contributed by atoms with Crippen molar-refractivity contribution in [1.82, 2.24) is 10.2 Å². The van der Waals surface area contributed by atoms with Gasteiger partial charge in [-0.2, -0.15) is 0 Å². The second-order valence-electron chi connectivity index (χ2n) is 7.10. The van der Waals surface area contributed by atoms with Gasteiger partial charge in [0.15, 0.2) is 0 Å². The molecule has 2 aromatic rings. The smallest absolute Gasteiger partial charge is 0.251 e. The molecule has 3 aliphatic rings. The molecule has 4 heterocycles. The van der Waals surface area contributed by atoms with Crippen LogP contribution in [0.3, 0.4) is 0 Å². The minimum absolute atomic E-state index is 0. The van der Waals surface area contributed by atoms with Gasteiger partial charge in [-0.25, -0.2) is 0 Å². The number of carbonyl (C=O) groups is 1. The number of halogens is 1. The largest absolute Gasteiger partial charge is 0.347 e. The van der Waals surface area contributed by atoms with Gasteiger partial charge in [0, 0.05) is 21.8 Å². The Labute approximate surface area is 147 Å². The van der Waals surface area contributed by atoms with Crippen molar-refractivity contribution in [3.63, 3.8) is 0 Å². The zero-order valence-corrected chi connectivity index (χ0v) is 15.2. The summed E-state index contributed by atoms with van der Waals surface area (Å²) in [6.45, 7) is 6.88. The molecule has 124 valence electrons. The van der Waals surface area contributed by atoms with E-state index in [1.807, 2.05) is 12.1 Å². The predicted molar refractivity (Wildman–Crippen MR) is 98.7 cm³/mol. The third kappa shape index (κ3) is 2.77. The van der Waals surface area contributed by atoms with Crippen LogP contribution in [0.1, 0.15) is 37.0 Å². The Hall–Kier alpha value is -1.10. The molecular formula is C18H23ClN2OS. The highest BCUT2D eigenvalue weighted by Gasteiger charge is 2.48. The van der Waals surface area contributed by atoms with Crippen LogP contribution in [0.2, 0.25) is 0 Å². The molecule has 1 N–H and O–H groups in total. The summed E-state index contributed by atoms with van der Waals surface area (Å²) in [6, 6.07) is 8.34. The first-order valence-electron chi connectivity index (χ1n) is 8.09. The maximum atomic E-state index is 12.7.